The van der Waals surface area contributed by atoms with Crippen molar-refractivity contribution in [2.24, 2.45) is 24.4 Å². The average Bonchev–Trinajstić information content (AvgIpc) is 3.24. The van der Waals surface area contributed by atoms with E-state index >= 15 is 0 Å². The van der Waals surface area contributed by atoms with Crippen molar-refractivity contribution in [2.45, 2.75) is 40.0 Å². The van der Waals surface area contributed by atoms with Crippen LogP contribution in [0.15, 0.2) is 76.7 Å². The summed E-state index contributed by atoms with van der Waals surface area (Å²) < 4.78 is 1.87. The molecule has 1 atom stereocenters. The first kappa shape index (κ1) is 25.3. The molecule has 0 bridgehead atoms. The predicted octanol–water partition coefficient (Wildman–Crippen LogP) is 5.49. The zero-order chi connectivity index (χ0) is 23.7. The second kappa shape index (κ2) is 12.2. The molecule has 6 heteroatoms. The maximum absolute atomic E-state index is 8.89. The summed E-state index contributed by atoms with van der Waals surface area (Å²) in [4.78, 5) is 0. The summed E-state index contributed by atoms with van der Waals surface area (Å²) in [6.07, 6.45) is 7.34. The van der Waals surface area contributed by atoms with Crippen molar-refractivity contribution in [3.8, 4) is 0 Å². The van der Waals surface area contributed by atoms with Crippen molar-refractivity contribution in [1.29, 1.82) is 5.41 Å². The Morgan fingerprint density at radius 2 is 1.84 bits per heavy atom. The van der Waals surface area contributed by atoms with Crippen LogP contribution >= 0.6 is 11.6 Å². The Morgan fingerprint density at radius 3 is 2.41 bits per heavy atom. The summed E-state index contributed by atoms with van der Waals surface area (Å²) in [7, 11) is 1.89. The van der Waals surface area contributed by atoms with E-state index in [1.807, 2.05) is 60.3 Å². The molecular formula is C26H36ClN5. The van der Waals surface area contributed by atoms with E-state index in [0.29, 0.717) is 35.2 Å². The monoisotopic (exact) mass is 453 g/mol. The lowest BCUT2D eigenvalue weighted by Gasteiger charge is -2.20. The number of aromatic nitrogens is 1. The van der Waals surface area contributed by atoms with Gasteiger partial charge >= 0.3 is 0 Å². The van der Waals surface area contributed by atoms with Gasteiger partial charge in [0.1, 0.15) is 5.82 Å². The molecule has 0 saturated heterocycles. The van der Waals surface area contributed by atoms with Crippen molar-refractivity contribution in [2.75, 3.05) is 6.54 Å². The van der Waals surface area contributed by atoms with Crippen LogP contribution in [0.3, 0.4) is 0 Å². The molecule has 6 N–H and O–H groups in total. The van der Waals surface area contributed by atoms with Crippen LogP contribution in [0.1, 0.15) is 51.3 Å². The maximum atomic E-state index is 8.89. The number of allylic oxidation sites excluding steroid dienone is 3. The molecule has 1 aromatic carbocycles. The number of nitrogens with one attached hydrogen (secondary N) is 2. The smallest absolute Gasteiger partial charge is 0.108 e. The van der Waals surface area contributed by atoms with Gasteiger partial charge in [0.25, 0.3) is 0 Å². The topological polar surface area (TPSA) is 92.8 Å². The number of halogens is 1. The highest BCUT2D eigenvalue weighted by Gasteiger charge is 2.21. The highest BCUT2D eigenvalue weighted by atomic mass is 35.5. The molecule has 1 heterocycles. The summed E-state index contributed by atoms with van der Waals surface area (Å²) >= 11 is 6.79. The third-order valence-corrected chi connectivity index (χ3v) is 6.08. The Bertz CT molecular complexity index is 998. The van der Waals surface area contributed by atoms with Crippen molar-refractivity contribution >= 4 is 23.0 Å². The van der Waals surface area contributed by atoms with Crippen LogP contribution in [0.25, 0.3) is 5.70 Å². The summed E-state index contributed by atoms with van der Waals surface area (Å²) in [5.41, 5.74) is 16.7. The van der Waals surface area contributed by atoms with E-state index in [1.54, 1.807) is 0 Å². The SMILES string of the molecule is CCC/C=C(/CN/C(N)=C(C(=N)c1cccn1C)/C(Cl)=C(\N)c1ccccc1)C(C)CC. The minimum Gasteiger partial charge on any atom is -0.397 e. The van der Waals surface area contributed by atoms with Crippen molar-refractivity contribution in [3.05, 3.63) is 88.0 Å². The Morgan fingerprint density at radius 1 is 1.16 bits per heavy atom. The fourth-order valence-electron chi connectivity index (χ4n) is 3.42. The van der Waals surface area contributed by atoms with Gasteiger partial charge in [0.05, 0.1) is 27.7 Å². The first-order valence-electron chi connectivity index (χ1n) is 11.2. The number of nitrogens with zero attached hydrogens (tertiary/aromatic N) is 1. The quantitative estimate of drug-likeness (QED) is 0.206. The lowest BCUT2D eigenvalue weighted by molar-refractivity contribution is 0.617. The van der Waals surface area contributed by atoms with Crippen molar-refractivity contribution in [1.82, 2.24) is 9.88 Å². The van der Waals surface area contributed by atoms with Gasteiger partial charge in [-0.2, -0.15) is 0 Å². The highest BCUT2D eigenvalue weighted by molar-refractivity contribution is 6.39. The van der Waals surface area contributed by atoms with E-state index in [-0.39, 0.29) is 10.7 Å². The van der Waals surface area contributed by atoms with Crippen LogP contribution in [0.2, 0.25) is 0 Å². The lowest BCUT2D eigenvalue weighted by Crippen LogP contribution is -2.29. The van der Waals surface area contributed by atoms with E-state index in [2.05, 4.69) is 32.2 Å². The molecular weight excluding hydrogens is 418 g/mol. The Labute approximate surface area is 197 Å². The normalized spacial score (nSPS) is 14.5. The Balaban J connectivity index is 2.50. The van der Waals surface area contributed by atoms with Gasteiger partial charge in [-0.3, -0.25) is 5.41 Å². The van der Waals surface area contributed by atoms with Gasteiger partial charge in [-0.05, 0) is 36.5 Å². The van der Waals surface area contributed by atoms with Crippen molar-refractivity contribution < 1.29 is 0 Å². The maximum Gasteiger partial charge on any atom is 0.108 e. The average molecular weight is 454 g/mol. The second-order valence-corrected chi connectivity index (χ2v) is 8.37. The number of hydrogen-bond acceptors (Lipinski definition) is 4. The largest absolute Gasteiger partial charge is 0.397 e. The lowest BCUT2D eigenvalue weighted by atomic mass is 9.96. The molecule has 0 amide bonds. The molecule has 0 radical (unpaired) electrons. The molecule has 0 aliphatic rings. The van der Waals surface area contributed by atoms with Gasteiger partial charge in [-0.1, -0.05) is 80.8 Å². The molecule has 1 unspecified atom stereocenters. The Kier molecular flexibility index (Phi) is 9.66. The number of hydrogen-bond donors (Lipinski definition) is 4. The van der Waals surface area contributed by atoms with Crippen molar-refractivity contribution in [3.63, 3.8) is 0 Å². The fourth-order valence-corrected chi connectivity index (χ4v) is 3.72. The number of aryl methyl sites for hydroxylation is 1. The molecule has 1 aromatic heterocycles. The molecule has 0 fully saturated rings. The second-order valence-electron chi connectivity index (χ2n) is 7.99. The van der Waals surface area contributed by atoms with E-state index in [1.165, 1.54) is 5.57 Å². The summed E-state index contributed by atoms with van der Waals surface area (Å²) in [6.45, 7) is 7.17. The minimum atomic E-state index is 0.217. The van der Waals surface area contributed by atoms with Crippen LogP contribution in [-0.4, -0.2) is 16.8 Å². The standard InChI is InChI=1S/C26H36ClN5/c1-5-7-12-20(18(3)6-2)17-31-26(30)22(25(29)21-15-11-16-32(21)4)23(27)24(28)19-13-9-8-10-14-19/h8-16,18,29,31H,5-7,17,28,30H2,1-4H3/b20-12-,24-23+,26-22-,29-25?. The molecule has 0 spiro atoms. The van der Waals surface area contributed by atoms with Crippen LogP contribution in [0.4, 0.5) is 0 Å². The van der Waals surface area contributed by atoms with Gasteiger partial charge in [0.2, 0.25) is 0 Å². The van der Waals surface area contributed by atoms with Crippen LogP contribution < -0.4 is 16.8 Å². The molecule has 0 saturated carbocycles. The zero-order valence-corrected chi connectivity index (χ0v) is 20.3. The predicted molar refractivity (Wildman–Crippen MR) is 137 cm³/mol. The molecule has 172 valence electrons. The molecule has 5 nitrogen and oxygen atoms in total. The fraction of sp³-hybridized carbons (Fsp3) is 0.346. The van der Waals surface area contributed by atoms with Crippen LogP contribution in [0, 0.1) is 11.3 Å². The van der Waals surface area contributed by atoms with E-state index in [9.17, 15) is 0 Å². The number of unbranched alkanes of at least 4 members (excludes halogenated alkanes) is 1. The van der Waals surface area contributed by atoms with E-state index in [0.717, 1.165) is 24.8 Å². The minimum absolute atomic E-state index is 0.217. The summed E-state index contributed by atoms with van der Waals surface area (Å²) in [6, 6.07) is 13.2. The molecule has 32 heavy (non-hydrogen) atoms. The highest BCUT2D eigenvalue weighted by Crippen LogP contribution is 2.27. The number of rotatable bonds is 11. The van der Waals surface area contributed by atoms with E-state index in [4.69, 9.17) is 28.5 Å². The third-order valence-electron chi connectivity index (χ3n) is 5.68. The van der Waals surface area contributed by atoms with E-state index < -0.39 is 0 Å². The zero-order valence-electron chi connectivity index (χ0n) is 19.6. The summed E-state index contributed by atoms with van der Waals surface area (Å²) in [5, 5.41) is 12.5. The number of nitrogens with two attached hydrogens (primary N) is 2. The van der Waals surface area contributed by atoms with Gasteiger partial charge < -0.3 is 21.4 Å². The van der Waals surface area contributed by atoms with Gasteiger partial charge in [0.15, 0.2) is 0 Å². The molecule has 0 aliphatic heterocycles. The van der Waals surface area contributed by atoms with Crippen LogP contribution in [-0.2, 0) is 7.05 Å². The molecule has 0 aliphatic carbocycles. The van der Waals surface area contributed by atoms with Gasteiger partial charge in [0, 0.05) is 19.8 Å². The third kappa shape index (κ3) is 6.30. The molecule has 2 aromatic rings. The summed E-state index contributed by atoms with van der Waals surface area (Å²) in [5.74, 6) is 0.781. The van der Waals surface area contributed by atoms with Gasteiger partial charge in [-0.25, -0.2) is 0 Å². The number of benzene rings is 1. The first-order valence-corrected chi connectivity index (χ1v) is 11.5. The Hall–Kier alpha value is -2.92. The van der Waals surface area contributed by atoms with Crippen LogP contribution in [0.5, 0.6) is 0 Å². The first-order chi connectivity index (χ1) is 15.3. The molecule has 2 rings (SSSR count). The van der Waals surface area contributed by atoms with Gasteiger partial charge in [-0.15, -0.1) is 0 Å².